The van der Waals surface area contributed by atoms with E-state index >= 15 is 0 Å². The summed E-state index contributed by atoms with van der Waals surface area (Å²) in [7, 11) is 0. The first-order valence-electron chi connectivity index (χ1n) is 7.23. The van der Waals surface area contributed by atoms with Gasteiger partial charge in [0.1, 0.15) is 18.6 Å². The maximum Gasteiger partial charge on any atom is 0.414 e. The van der Waals surface area contributed by atoms with Gasteiger partial charge in [0.05, 0.1) is 24.3 Å². The Balaban J connectivity index is 1.83. The molecule has 2 heterocycles. The lowest BCUT2D eigenvalue weighted by molar-refractivity contribution is 0.102. The first-order chi connectivity index (χ1) is 11.1. The molecule has 1 aliphatic rings. The van der Waals surface area contributed by atoms with Gasteiger partial charge in [-0.05, 0) is 30.7 Å². The molecule has 0 spiro atoms. The number of cyclic esters (lactones) is 1. The van der Waals surface area contributed by atoms with Gasteiger partial charge in [-0.3, -0.25) is 9.69 Å². The van der Waals surface area contributed by atoms with Gasteiger partial charge in [-0.1, -0.05) is 6.07 Å². The van der Waals surface area contributed by atoms with E-state index in [4.69, 9.17) is 14.9 Å². The van der Waals surface area contributed by atoms with Crippen molar-refractivity contribution in [1.29, 1.82) is 0 Å². The second-order valence-corrected chi connectivity index (χ2v) is 5.18. The summed E-state index contributed by atoms with van der Waals surface area (Å²) in [6, 6.07) is 6.99. The molecule has 0 aliphatic carbocycles. The number of hydrogen-bond donors (Lipinski definition) is 2. The lowest BCUT2D eigenvalue weighted by Gasteiger charge is -2.18. The summed E-state index contributed by atoms with van der Waals surface area (Å²) >= 11 is 0. The van der Waals surface area contributed by atoms with Gasteiger partial charge >= 0.3 is 6.09 Å². The summed E-state index contributed by atoms with van der Waals surface area (Å²) in [5.74, 6) is 0.248. The van der Waals surface area contributed by atoms with E-state index < -0.39 is 0 Å². The maximum absolute atomic E-state index is 12.3. The van der Waals surface area contributed by atoms with Gasteiger partial charge in [0.2, 0.25) is 0 Å². The van der Waals surface area contributed by atoms with Crippen molar-refractivity contribution in [3.8, 4) is 0 Å². The molecule has 0 unspecified atom stereocenters. The molecule has 1 aromatic heterocycles. The molecule has 0 bridgehead atoms. The molecule has 1 fully saturated rings. The molecule has 1 aromatic carbocycles. The molecule has 7 heteroatoms. The molecule has 120 valence electrons. The van der Waals surface area contributed by atoms with Crippen molar-refractivity contribution in [3.63, 3.8) is 0 Å². The van der Waals surface area contributed by atoms with Crippen LogP contribution in [-0.2, 0) is 11.3 Å². The maximum atomic E-state index is 12.3. The van der Waals surface area contributed by atoms with Crippen molar-refractivity contribution in [2.24, 2.45) is 5.73 Å². The van der Waals surface area contributed by atoms with Gasteiger partial charge in [0, 0.05) is 5.69 Å². The Kier molecular flexibility index (Phi) is 4.03. The third-order valence-corrected chi connectivity index (χ3v) is 3.72. The Morgan fingerprint density at radius 2 is 2.26 bits per heavy atom. The molecule has 2 aromatic rings. The molecule has 3 rings (SSSR count). The molecule has 7 nitrogen and oxygen atoms in total. The molecule has 0 radical (unpaired) electrons. The van der Waals surface area contributed by atoms with Crippen LogP contribution in [0.3, 0.4) is 0 Å². The highest BCUT2D eigenvalue weighted by molar-refractivity contribution is 6.05. The zero-order valence-corrected chi connectivity index (χ0v) is 12.7. The normalized spacial score (nSPS) is 14.0. The van der Waals surface area contributed by atoms with Crippen LogP contribution in [0, 0.1) is 6.92 Å². The van der Waals surface area contributed by atoms with Crippen molar-refractivity contribution in [3.05, 3.63) is 47.4 Å². The van der Waals surface area contributed by atoms with E-state index in [-0.39, 0.29) is 18.5 Å². The number of furan rings is 1. The van der Waals surface area contributed by atoms with Crippen LogP contribution in [0.15, 0.2) is 34.9 Å². The number of hydrogen-bond acceptors (Lipinski definition) is 5. The summed E-state index contributed by atoms with van der Waals surface area (Å²) < 4.78 is 10.1. The van der Waals surface area contributed by atoms with Gasteiger partial charge in [-0.15, -0.1) is 0 Å². The number of rotatable bonds is 4. The third kappa shape index (κ3) is 2.91. The van der Waals surface area contributed by atoms with Gasteiger partial charge in [-0.25, -0.2) is 4.79 Å². The fraction of sp³-hybridized carbons (Fsp3) is 0.250. The van der Waals surface area contributed by atoms with Gasteiger partial charge < -0.3 is 20.2 Å². The van der Waals surface area contributed by atoms with Gasteiger partial charge in [-0.2, -0.15) is 0 Å². The van der Waals surface area contributed by atoms with Crippen molar-refractivity contribution < 1.29 is 18.7 Å². The van der Waals surface area contributed by atoms with Crippen molar-refractivity contribution >= 4 is 23.4 Å². The van der Waals surface area contributed by atoms with Crippen LogP contribution < -0.4 is 16.0 Å². The van der Waals surface area contributed by atoms with Crippen LogP contribution in [0.2, 0.25) is 0 Å². The molecule has 3 N–H and O–H groups in total. The van der Waals surface area contributed by atoms with Gasteiger partial charge in [0.15, 0.2) is 0 Å². The second-order valence-electron chi connectivity index (χ2n) is 5.18. The number of nitrogens with one attached hydrogen (secondary N) is 1. The van der Waals surface area contributed by atoms with E-state index in [0.717, 1.165) is 11.3 Å². The number of benzene rings is 1. The molecular formula is C16H17N3O4. The van der Waals surface area contributed by atoms with Crippen LogP contribution in [0.4, 0.5) is 16.2 Å². The molecule has 2 amide bonds. The standard InChI is InChI=1S/C16H17N3O4/c1-10-13(18-15(20)11-7-12(8-17)23-9-11)3-2-4-14(10)19-5-6-22-16(19)21/h2-4,7,9H,5-6,8,17H2,1H3,(H,18,20). The minimum absolute atomic E-state index is 0.235. The van der Waals surface area contributed by atoms with Crippen LogP contribution in [-0.4, -0.2) is 25.2 Å². The summed E-state index contributed by atoms with van der Waals surface area (Å²) in [4.78, 5) is 25.5. The van der Waals surface area contributed by atoms with Gasteiger partial charge in [0.25, 0.3) is 5.91 Å². The number of nitrogens with zero attached hydrogens (tertiary/aromatic N) is 1. The lowest BCUT2D eigenvalue weighted by atomic mass is 10.1. The zero-order chi connectivity index (χ0) is 16.4. The zero-order valence-electron chi connectivity index (χ0n) is 12.7. The number of ether oxygens (including phenoxy) is 1. The minimum atomic E-state index is -0.376. The SMILES string of the molecule is Cc1c(NC(=O)c2coc(CN)c2)cccc1N1CCOC1=O. The first kappa shape index (κ1) is 15.1. The predicted octanol–water partition coefficient (Wildman–Crippen LogP) is 2.26. The van der Waals surface area contributed by atoms with Crippen LogP contribution in [0.5, 0.6) is 0 Å². The van der Waals surface area contributed by atoms with Crippen molar-refractivity contribution in [1.82, 2.24) is 0 Å². The topological polar surface area (TPSA) is 97.8 Å². The van der Waals surface area contributed by atoms with E-state index in [1.165, 1.54) is 6.26 Å². The van der Waals surface area contributed by atoms with E-state index in [9.17, 15) is 9.59 Å². The Morgan fingerprint density at radius 1 is 1.43 bits per heavy atom. The summed E-state index contributed by atoms with van der Waals surface area (Å²) in [6.45, 7) is 2.94. The van der Waals surface area contributed by atoms with Crippen molar-refractivity contribution in [2.45, 2.75) is 13.5 Å². The Hall–Kier alpha value is -2.80. The minimum Gasteiger partial charge on any atom is -0.467 e. The molecule has 1 saturated heterocycles. The van der Waals surface area contributed by atoms with Crippen LogP contribution in [0.25, 0.3) is 0 Å². The largest absolute Gasteiger partial charge is 0.467 e. The quantitative estimate of drug-likeness (QED) is 0.902. The number of anilines is 2. The van der Waals surface area contributed by atoms with Crippen molar-refractivity contribution in [2.75, 3.05) is 23.4 Å². The summed E-state index contributed by atoms with van der Waals surface area (Å²) in [5.41, 5.74) is 8.01. The monoisotopic (exact) mass is 315 g/mol. The molecular weight excluding hydrogens is 298 g/mol. The number of amides is 2. The second kappa shape index (κ2) is 6.13. The fourth-order valence-corrected chi connectivity index (χ4v) is 2.46. The number of nitrogens with two attached hydrogens (primary N) is 1. The molecule has 0 saturated carbocycles. The van der Waals surface area contributed by atoms with E-state index in [1.54, 1.807) is 23.1 Å². The van der Waals surface area contributed by atoms with E-state index in [2.05, 4.69) is 5.32 Å². The first-order valence-corrected chi connectivity index (χ1v) is 7.23. The highest BCUT2D eigenvalue weighted by Gasteiger charge is 2.25. The van der Waals surface area contributed by atoms with Crippen LogP contribution in [0.1, 0.15) is 21.7 Å². The summed E-state index contributed by atoms with van der Waals surface area (Å²) in [6.07, 6.45) is 0.994. The average Bonchev–Trinajstić information content (AvgIpc) is 3.18. The predicted molar refractivity (Wildman–Crippen MR) is 84.4 cm³/mol. The molecule has 23 heavy (non-hydrogen) atoms. The summed E-state index contributed by atoms with van der Waals surface area (Å²) in [5, 5.41) is 2.82. The smallest absolute Gasteiger partial charge is 0.414 e. The van der Waals surface area contributed by atoms with E-state index in [0.29, 0.717) is 30.2 Å². The third-order valence-electron chi connectivity index (χ3n) is 3.72. The number of carbonyl (C=O) groups excluding carboxylic acids is 2. The highest BCUT2D eigenvalue weighted by Crippen LogP contribution is 2.29. The van der Waals surface area contributed by atoms with E-state index in [1.807, 2.05) is 13.0 Å². The average molecular weight is 315 g/mol. The Bertz CT molecular complexity index is 754. The Morgan fingerprint density at radius 3 is 2.91 bits per heavy atom. The fourth-order valence-electron chi connectivity index (χ4n) is 2.46. The van der Waals surface area contributed by atoms with Crippen LogP contribution >= 0.6 is 0 Å². The Labute approximate surface area is 133 Å². The lowest BCUT2D eigenvalue weighted by Crippen LogP contribution is -2.24. The highest BCUT2D eigenvalue weighted by atomic mass is 16.6. The molecule has 1 aliphatic heterocycles. The number of carbonyl (C=O) groups is 2. The molecule has 0 atom stereocenters.